The van der Waals surface area contributed by atoms with Gasteiger partial charge in [0, 0.05) is 30.9 Å². The fourth-order valence-electron chi connectivity index (χ4n) is 5.59. The van der Waals surface area contributed by atoms with Crippen LogP contribution >= 0.6 is 0 Å². The van der Waals surface area contributed by atoms with Crippen molar-refractivity contribution in [1.82, 2.24) is 39.6 Å². The molecular weight excluding hydrogens is 454 g/mol. The summed E-state index contributed by atoms with van der Waals surface area (Å²) >= 11 is 0. The Morgan fingerprint density at radius 3 is 2.61 bits per heavy atom. The van der Waals surface area contributed by atoms with Gasteiger partial charge in [-0.3, -0.25) is 10.1 Å². The Hall–Kier alpha value is -4.05. The van der Waals surface area contributed by atoms with Crippen LogP contribution in [0.15, 0.2) is 42.9 Å². The van der Waals surface area contributed by atoms with E-state index in [0.717, 1.165) is 82.7 Å². The predicted octanol–water partition coefficient (Wildman–Crippen LogP) is 3.66. The number of ether oxygens (including phenoxy) is 1. The first-order valence-electron chi connectivity index (χ1n) is 12.3. The molecular formula is C26H27N9O. The van der Waals surface area contributed by atoms with Crippen molar-refractivity contribution in [2.75, 3.05) is 18.0 Å². The van der Waals surface area contributed by atoms with Crippen molar-refractivity contribution >= 4 is 11.5 Å². The highest BCUT2D eigenvalue weighted by Gasteiger charge is 2.35. The average molecular weight is 482 g/mol. The molecule has 1 N–H and O–H groups in total. The predicted molar refractivity (Wildman–Crippen MR) is 135 cm³/mol. The summed E-state index contributed by atoms with van der Waals surface area (Å²) in [5.74, 6) is 0.934. The van der Waals surface area contributed by atoms with Crippen molar-refractivity contribution in [3.05, 3.63) is 59.9 Å². The van der Waals surface area contributed by atoms with Gasteiger partial charge in [0.2, 0.25) is 0 Å². The molecule has 0 aromatic carbocycles. The number of fused-ring (bicyclic) bond motifs is 3. The molecule has 5 aromatic heterocycles. The van der Waals surface area contributed by atoms with Crippen molar-refractivity contribution in [2.24, 2.45) is 0 Å². The summed E-state index contributed by atoms with van der Waals surface area (Å²) in [4.78, 5) is 11.8. The van der Waals surface area contributed by atoms with E-state index in [-0.39, 0.29) is 12.2 Å². The largest absolute Gasteiger partial charge is 0.371 e. The van der Waals surface area contributed by atoms with Gasteiger partial charge in [-0.2, -0.15) is 15.3 Å². The van der Waals surface area contributed by atoms with Gasteiger partial charge in [-0.05, 0) is 51.8 Å². The van der Waals surface area contributed by atoms with Gasteiger partial charge in [-0.15, -0.1) is 0 Å². The van der Waals surface area contributed by atoms with Crippen LogP contribution in [0.2, 0.25) is 0 Å². The Morgan fingerprint density at radius 1 is 1.06 bits per heavy atom. The molecule has 5 aromatic rings. The van der Waals surface area contributed by atoms with Gasteiger partial charge in [-0.1, -0.05) is 0 Å². The summed E-state index contributed by atoms with van der Waals surface area (Å²) in [6, 6.07) is 8.11. The van der Waals surface area contributed by atoms with Gasteiger partial charge in [0.05, 0.1) is 64.3 Å². The maximum Gasteiger partial charge on any atom is 0.167 e. The van der Waals surface area contributed by atoms with Crippen molar-refractivity contribution in [3.8, 4) is 28.2 Å². The fourth-order valence-corrected chi connectivity index (χ4v) is 5.59. The number of nitrogens with zero attached hydrogens (tertiary/aromatic N) is 8. The SMILES string of the molecule is Cc1cc(-c2cnn3c(-c4c(C)nn(-c5cccnc5)c4C)cc(N4CC5CCC(C4)O5)nc23)[nH]n1. The quantitative estimate of drug-likeness (QED) is 0.418. The van der Waals surface area contributed by atoms with Gasteiger partial charge < -0.3 is 9.64 Å². The second-order valence-corrected chi connectivity index (χ2v) is 9.75. The Labute approximate surface area is 207 Å². The lowest BCUT2D eigenvalue weighted by Crippen LogP contribution is -2.43. The summed E-state index contributed by atoms with van der Waals surface area (Å²) in [7, 11) is 0. The minimum Gasteiger partial charge on any atom is -0.371 e. The number of hydrogen-bond donors (Lipinski definition) is 1. The van der Waals surface area contributed by atoms with E-state index >= 15 is 0 Å². The van der Waals surface area contributed by atoms with Gasteiger partial charge in [0.1, 0.15) is 5.82 Å². The van der Waals surface area contributed by atoms with Crippen LogP contribution in [0.5, 0.6) is 0 Å². The van der Waals surface area contributed by atoms with E-state index in [2.05, 4.69) is 33.1 Å². The third-order valence-electron chi connectivity index (χ3n) is 7.26. The molecule has 7 rings (SSSR count). The average Bonchev–Trinajstić information content (AvgIpc) is 3.65. The molecule has 2 aliphatic rings. The number of morpholine rings is 1. The third-order valence-corrected chi connectivity index (χ3v) is 7.26. The van der Waals surface area contributed by atoms with Crippen LogP contribution in [-0.2, 0) is 4.74 Å². The highest BCUT2D eigenvalue weighted by atomic mass is 16.5. The first kappa shape index (κ1) is 21.3. The molecule has 2 saturated heterocycles. The lowest BCUT2D eigenvalue weighted by molar-refractivity contribution is 0.0302. The molecule has 0 aliphatic carbocycles. The van der Waals surface area contributed by atoms with Crippen molar-refractivity contribution in [1.29, 1.82) is 0 Å². The van der Waals surface area contributed by atoms with Crippen LogP contribution in [0.1, 0.15) is 29.9 Å². The molecule has 2 bridgehead atoms. The van der Waals surface area contributed by atoms with E-state index in [1.165, 1.54) is 0 Å². The number of aromatic amines is 1. The molecule has 2 aliphatic heterocycles. The van der Waals surface area contributed by atoms with E-state index in [9.17, 15) is 0 Å². The van der Waals surface area contributed by atoms with E-state index in [0.29, 0.717) is 0 Å². The first-order valence-corrected chi connectivity index (χ1v) is 12.3. The summed E-state index contributed by atoms with van der Waals surface area (Å²) in [5, 5.41) is 17.1. The Balaban J connectivity index is 1.44. The van der Waals surface area contributed by atoms with E-state index in [4.69, 9.17) is 19.9 Å². The van der Waals surface area contributed by atoms with Gasteiger partial charge in [0.15, 0.2) is 5.65 Å². The second-order valence-electron chi connectivity index (χ2n) is 9.75. The number of anilines is 1. The van der Waals surface area contributed by atoms with Gasteiger partial charge in [0.25, 0.3) is 0 Å². The zero-order valence-corrected chi connectivity index (χ0v) is 20.5. The summed E-state index contributed by atoms with van der Waals surface area (Å²) < 4.78 is 9.97. The maximum absolute atomic E-state index is 6.10. The standard InChI is InChI=1S/C26H27N9O/c1-15-9-22(31-30-15)21-12-28-35-23(25-16(2)32-34(17(25)3)18-5-4-8-27-11-18)10-24(29-26(21)35)33-13-19-6-7-20(14-33)36-19/h4-5,8-12,19-20H,6-7,13-14H2,1-3H3,(H,30,31). The summed E-state index contributed by atoms with van der Waals surface area (Å²) in [5.41, 5.74) is 8.41. The Bertz CT molecular complexity index is 1570. The minimum atomic E-state index is 0.265. The number of hydrogen-bond acceptors (Lipinski definition) is 7. The molecule has 0 saturated carbocycles. The number of aryl methyl sites for hydroxylation is 2. The van der Waals surface area contributed by atoms with Crippen LogP contribution < -0.4 is 4.90 Å². The number of aromatic nitrogens is 8. The van der Waals surface area contributed by atoms with Crippen LogP contribution in [0.25, 0.3) is 33.8 Å². The first-order chi connectivity index (χ1) is 17.5. The van der Waals surface area contributed by atoms with E-state index in [1.807, 2.05) is 53.6 Å². The molecule has 2 atom stereocenters. The fraction of sp³-hybridized carbons (Fsp3) is 0.346. The zero-order valence-electron chi connectivity index (χ0n) is 20.5. The molecule has 2 fully saturated rings. The molecule has 10 nitrogen and oxygen atoms in total. The van der Waals surface area contributed by atoms with Gasteiger partial charge in [-0.25, -0.2) is 14.2 Å². The minimum absolute atomic E-state index is 0.265. The van der Waals surface area contributed by atoms with Crippen LogP contribution in [0.3, 0.4) is 0 Å². The molecule has 36 heavy (non-hydrogen) atoms. The monoisotopic (exact) mass is 481 g/mol. The molecule has 0 amide bonds. The zero-order chi connectivity index (χ0) is 24.4. The lowest BCUT2D eigenvalue weighted by atomic mass is 10.1. The van der Waals surface area contributed by atoms with Crippen molar-refractivity contribution < 1.29 is 4.74 Å². The summed E-state index contributed by atoms with van der Waals surface area (Å²) in [6.07, 6.45) is 8.21. The normalized spacial score (nSPS) is 19.5. The van der Waals surface area contributed by atoms with E-state index in [1.54, 1.807) is 6.20 Å². The van der Waals surface area contributed by atoms with Crippen LogP contribution in [0.4, 0.5) is 5.82 Å². The maximum atomic E-state index is 6.10. The molecule has 2 unspecified atom stereocenters. The van der Waals surface area contributed by atoms with Crippen LogP contribution in [-0.4, -0.2) is 64.9 Å². The summed E-state index contributed by atoms with van der Waals surface area (Å²) in [6.45, 7) is 7.79. The highest BCUT2D eigenvalue weighted by molar-refractivity contribution is 5.80. The number of H-pyrrole nitrogens is 1. The number of rotatable bonds is 4. The van der Waals surface area contributed by atoms with Crippen LogP contribution in [0, 0.1) is 20.8 Å². The Morgan fingerprint density at radius 2 is 1.89 bits per heavy atom. The number of pyridine rings is 1. The van der Waals surface area contributed by atoms with Gasteiger partial charge >= 0.3 is 0 Å². The van der Waals surface area contributed by atoms with Crippen molar-refractivity contribution in [3.63, 3.8) is 0 Å². The smallest absolute Gasteiger partial charge is 0.167 e. The molecule has 0 radical (unpaired) electrons. The van der Waals surface area contributed by atoms with E-state index < -0.39 is 0 Å². The second kappa shape index (κ2) is 7.99. The van der Waals surface area contributed by atoms with Crippen molar-refractivity contribution in [2.45, 2.75) is 45.8 Å². The highest BCUT2D eigenvalue weighted by Crippen LogP contribution is 2.36. The lowest BCUT2D eigenvalue weighted by Gasteiger charge is -2.33. The number of nitrogens with one attached hydrogen (secondary N) is 1. The molecule has 182 valence electrons. The Kier molecular flexibility index (Phi) is 4.72. The third kappa shape index (κ3) is 3.32. The molecule has 0 spiro atoms. The topological polar surface area (TPSA) is 102 Å². The molecule has 10 heteroatoms. The molecule has 7 heterocycles.